The predicted octanol–water partition coefficient (Wildman–Crippen LogP) is 8.88. The molecule has 3 aromatic carbocycles. The van der Waals surface area contributed by atoms with Crippen LogP contribution in [-0.2, 0) is 12.8 Å². The SMILES string of the molecule is CCc1cc(Cl)c(O[C@H]2CCc3c(-c4ccccc4F)cccc32)cc1OCC1=C/CC/C=C/C(C#N)=C\1. The van der Waals surface area contributed by atoms with Crippen LogP contribution in [0.5, 0.6) is 11.5 Å². The Bertz CT molecular complexity index is 1480. The molecule has 5 heteroatoms. The standard InChI is InChI=1S/C33H29ClFNO2/c1-2-24-18-29(34)33(19-32(24)37-21-23-10-5-3-4-9-22(17-23)20-36)38-31-16-15-26-25(12-8-13-28(26)31)27-11-6-7-14-30(27)35/h4,6-14,17-19,31H,2-3,5,15-16,21H2,1H3/b9-4+,22-17+,23-10+/t31-/m0/s1. The summed E-state index contributed by atoms with van der Waals surface area (Å²) in [5.74, 6) is 1.06. The highest BCUT2D eigenvalue weighted by Crippen LogP contribution is 2.43. The Morgan fingerprint density at radius 2 is 1.89 bits per heavy atom. The van der Waals surface area contributed by atoms with Gasteiger partial charge in [-0.1, -0.05) is 67.1 Å². The van der Waals surface area contributed by atoms with Crippen molar-refractivity contribution in [2.45, 2.75) is 45.1 Å². The third-order valence-corrected chi connectivity index (χ3v) is 7.34. The molecule has 0 heterocycles. The smallest absolute Gasteiger partial charge is 0.142 e. The van der Waals surface area contributed by atoms with Crippen molar-refractivity contribution in [2.75, 3.05) is 6.61 Å². The van der Waals surface area contributed by atoms with E-state index < -0.39 is 0 Å². The molecule has 0 amide bonds. The molecule has 0 saturated heterocycles. The minimum Gasteiger partial charge on any atom is -0.488 e. The Morgan fingerprint density at radius 3 is 2.71 bits per heavy atom. The fourth-order valence-corrected chi connectivity index (χ4v) is 5.34. The molecule has 0 aromatic heterocycles. The van der Waals surface area contributed by atoms with Crippen LogP contribution in [0.2, 0.25) is 5.02 Å². The molecule has 38 heavy (non-hydrogen) atoms. The van der Waals surface area contributed by atoms with E-state index in [1.165, 1.54) is 6.07 Å². The average molecular weight is 526 g/mol. The number of benzene rings is 3. The molecule has 2 aliphatic rings. The van der Waals surface area contributed by atoms with Gasteiger partial charge in [-0.2, -0.15) is 5.26 Å². The molecule has 192 valence electrons. The van der Waals surface area contributed by atoms with E-state index in [-0.39, 0.29) is 11.9 Å². The predicted molar refractivity (Wildman–Crippen MR) is 150 cm³/mol. The number of aryl methyl sites for hydroxylation is 1. The zero-order chi connectivity index (χ0) is 26.5. The number of rotatable bonds is 7. The zero-order valence-corrected chi connectivity index (χ0v) is 22.1. The normalized spacial score (nSPS) is 20.1. The van der Waals surface area contributed by atoms with Crippen molar-refractivity contribution in [1.82, 2.24) is 0 Å². The number of fused-ring (bicyclic) bond motifs is 1. The van der Waals surface area contributed by atoms with Crippen molar-refractivity contribution >= 4 is 11.6 Å². The van der Waals surface area contributed by atoms with Gasteiger partial charge < -0.3 is 9.47 Å². The summed E-state index contributed by atoms with van der Waals surface area (Å²) in [5.41, 5.74) is 6.28. The molecular weight excluding hydrogens is 497 g/mol. The molecule has 0 fully saturated rings. The summed E-state index contributed by atoms with van der Waals surface area (Å²) in [7, 11) is 0. The first-order valence-corrected chi connectivity index (χ1v) is 13.4. The number of halogens is 2. The van der Waals surface area contributed by atoms with Crippen molar-refractivity contribution < 1.29 is 13.9 Å². The lowest BCUT2D eigenvalue weighted by Gasteiger charge is -2.19. The maximum atomic E-state index is 14.6. The topological polar surface area (TPSA) is 42.2 Å². The number of nitriles is 1. The second-order valence-corrected chi connectivity index (χ2v) is 9.91. The zero-order valence-electron chi connectivity index (χ0n) is 21.3. The third kappa shape index (κ3) is 5.54. The van der Waals surface area contributed by atoms with Gasteiger partial charge in [0.25, 0.3) is 0 Å². The molecule has 5 rings (SSSR count). The maximum Gasteiger partial charge on any atom is 0.142 e. The molecule has 1 atom stereocenters. The number of allylic oxidation sites excluding steroid dienone is 4. The van der Waals surface area contributed by atoms with Crippen molar-refractivity contribution in [3.8, 4) is 28.7 Å². The number of ether oxygens (including phenoxy) is 2. The van der Waals surface area contributed by atoms with Crippen molar-refractivity contribution in [3.05, 3.63) is 118 Å². The van der Waals surface area contributed by atoms with Gasteiger partial charge in [0.15, 0.2) is 0 Å². The van der Waals surface area contributed by atoms with Crippen LogP contribution in [0.15, 0.2) is 90.0 Å². The molecule has 0 bridgehead atoms. The van der Waals surface area contributed by atoms with Crippen LogP contribution in [0, 0.1) is 17.1 Å². The highest BCUT2D eigenvalue weighted by Gasteiger charge is 2.28. The molecular formula is C33H29ClFNO2. The van der Waals surface area contributed by atoms with E-state index in [0.29, 0.717) is 28.5 Å². The second kappa shape index (κ2) is 11.7. The molecule has 0 radical (unpaired) electrons. The lowest BCUT2D eigenvalue weighted by molar-refractivity contribution is 0.206. The van der Waals surface area contributed by atoms with Gasteiger partial charge in [-0.3, -0.25) is 0 Å². The largest absolute Gasteiger partial charge is 0.488 e. The Morgan fingerprint density at radius 1 is 1.05 bits per heavy atom. The monoisotopic (exact) mass is 525 g/mol. The van der Waals surface area contributed by atoms with Gasteiger partial charge >= 0.3 is 0 Å². The quantitative estimate of drug-likeness (QED) is 0.309. The number of nitrogens with zero attached hydrogens (tertiary/aromatic N) is 1. The maximum absolute atomic E-state index is 14.6. The highest BCUT2D eigenvalue weighted by molar-refractivity contribution is 6.32. The number of hydrogen-bond donors (Lipinski definition) is 0. The molecule has 2 aliphatic carbocycles. The Balaban J connectivity index is 1.39. The summed E-state index contributed by atoms with van der Waals surface area (Å²) >= 11 is 6.67. The third-order valence-electron chi connectivity index (χ3n) is 7.05. The summed E-state index contributed by atoms with van der Waals surface area (Å²) in [6, 6.07) is 18.9. The summed E-state index contributed by atoms with van der Waals surface area (Å²) in [5, 5.41) is 9.91. The van der Waals surface area contributed by atoms with Gasteiger partial charge in [-0.15, -0.1) is 0 Å². The van der Waals surface area contributed by atoms with Crippen LogP contribution in [0.1, 0.15) is 49.0 Å². The van der Waals surface area contributed by atoms with Gasteiger partial charge in [0.05, 0.1) is 16.7 Å². The lowest BCUT2D eigenvalue weighted by atomic mass is 9.96. The molecule has 3 nitrogen and oxygen atoms in total. The van der Waals surface area contributed by atoms with Crippen LogP contribution in [0.3, 0.4) is 0 Å². The Labute approximate surface area is 228 Å². The molecule has 0 N–H and O–H groups in total. The lowest BCUT2D eigenvalue weighted by Crippen LogP contribution is -2.07. The van der Waals surface area contributed by atoms with Crippen molar-refractivity contribution in [1.29, 1.82) is 5.26 Å². The fourth-order valence-electron chi connectivity index (χ4n) is 5.11. The van der Waals surface area contributed by atoms with Crippen LogP contribution in [0.25, 0.3) is 11.1 Å². The van der Waals surface area contributed by atoms with E-state index in [4.69, 9.17) is 21.1 Å². The molecule has 0 spiro atoms. The molecule has 0 unspecified atom stereocenters. The second-order valence-electron chi connectivity index (χ2n) is 9.50. The fraction of sp³-hybridized carbons (Fsp3) is 0.242. The van der Waals surface area contributed by atoms with E-state index in [1.54, 1.807) is 6.07 Å². The highest BCUT2D eigenvalue weighted by atomic mass is 35.5. The van der Waals surface area contributed by atoms with E-state index >= 15 is 0 Å². The van der Waals surface area contributed by atoms with Crippen molar-refractivity contribution in [2.24, 2.45) is 0 Å². The molecule has 0 saturated carbocycles. The molecule has 0 aliphatic heterocycles. The first-order chi connectivity index (χ1) is 18.6. The van der Waals surface area contributed by atoms with E-state index in [2.05, 4.69) is 25.1 Å². The molecule has 3 aromatic rings. The summed E-state index contributed by atoms with van der Waals surface area (Å²) < 4.78 is 27.3. The van der Waals surface area contributed by atoms with Crippen LogP contribution in [-0.4, -0.2) is 6.61 Å². The first-order valence-electron chi connectivity index (χ1n) is 13.0. The summed E-state index contributed by atoms with van der Waals surface area (Å²) in [6.07, 6.45) is 11.8. The van der Waals surface area contributed by atoms with Gasteiger partial charge in [0, 0.05) is 11.6 Å². The van der Waals surface area contributed by atoms with Gasteiger partial charge in [-0.05, 0) is 84.2 Å². The van der Waals surface area contributed by atoms with Crippen LogP contribution in [0.4, 0.5) is 4.39 Å². The number of hydrogen-bond acceptors (Lipinski definition) is 3. The summed E-state index contributed by atoms with van der Waals surface area (Å²) in [6.45, 7) is 2.41. The average Bonchev–Trinajstić information content (AvgIpc) is 3.33. The summed E-state index contributed by atoms with van der Waals surface area (Å²) in [4.78, 5) is 0. The first kappa shape index (κ1) is 25.8. The van der Waals surface area contributed by atoms with E-state index in [0.717, 1.165) is 65.7 Å². The Kier molecular flexibility index (Phi) is 7.96. The van der Waals surface area contributed by atoms with Crippen LogP contribution < -0.4 is 9.47 Å². The van der Waals surface area contributed by atoms with Crippen LogP contribution >= 0.6 is 11.6 Å². The van der Waals surface area contributed by atoms with Gasteiger partial charge in [-0.25, -0.2) is 4.39 Å². The van der Waals surface area contributed by atoms with E-state index in [9.17, 15) is 9.65 Å². The minimum atomic E-state index is -0.225. The van der Waals surface area contributed by atoms with Gasteiger partial charge in [0.1, 0.15) is 30.0 Å². The van der Waals surface area contributed by atoms with Crippen molar-refractivity contribution in [3.63, 3.8) is 0 Å². The Hall–Kier alpha value is -3.81. The van der Waals surface area contributed by atoms with Gasteiger partial charge in [0.2, 0.25) is 0 Å². The minimum absolute atomic E-state index is 0.184. The van der Waals surface area contributed by atoms with E-state index in [1.807, 2.05) is 54.6 Å².